The number of rotatable bonds is 11. The second-order valence-corrected chi connectivity index (χ2v) is 4.40. The Morgan fingerprint density at radius 2 is 1.85 bits per heavy atom. The van der Waals surface area contributed by atoms with E-state index in [0.717, 1.165) is 36.6 Å². The Balaban J connectivity index is 2.71. The van der Waals surface area contributed by atoms with Crippen LogP contribution in [0.15, 0.2) is 18.2 Å². The van der Waals surface area contributed by atoms with E-state index in [-0.39, 0.29) is 0 Å². The Hall–Kier alpha value is -1.26. The smallest absolute Gasteiger partial charge is 0.165 e. The molecule has 0 heterocycles. The zero-order valence-corrected chi connectivity index (χ0v) is 12.9. The van der Waals surface area contributed by atoms with E-state index in [1.807, 2.05) is 26.0 Å². The van der Waals surface area contributed by atoms with Gasteiger partial charge in [-0.2, -0.15) is 0 Å². The molecule has 0 aliphatic carbocycles. The topological polar surface area (TPSA) is 39.7 Å². The summed E-state index contributed by atoms with van der Waals surface area (Å²) in [4.78, 5) is 0. The highest BCUT2D eigenvalue weighted by Gasteiger charge is 2.10. The Bertz CT molecular complexity index is 369. The average molecular weight is 281 g/mol. The van der Waals surface area contributed by atoms with Crippen LogP contribution in [-0.4, -0.2) is 33.0 Å². The summed E-state index contributed by atoms with van der Waals surface area (Å²) in [6, 6.07) is 6.02. The van der Waals surface area contributed by atoms with Crippen molar-refractivity contribution in [2.24, 2.45) is 0 Å². The maximum atomic E-state index is 5.86. The van der Waals surface area contributed by atoms with Gasteiger partial charge in [-0.1, -0.05) is 19.1 Å². The van der Waals surface area contributed by atoms with Gasteiger partial charge in [0.15, 0.2) is 11.5 Å². The molecular formula is C16H27NO3. The molecule has 0 amide bonds. The fraction of sp³-hybridized carbons (Fsp3) is 0.625. The fourth-order valence-electron chi connectivity index (χ4n) is 1.88. The third-order valence-corrected chi connectivity index (χ3v) is 2.78. The first-order valence-corrected chi connectivity index (χ1v) is 7.49. The molecule has 1 rings (SSSR count). The van der Waals surface area contributed by atoms with Crippen molar-refractivity contribution in [1.29, 1.82) is 0 Å². The predicted octanol–water partition coefficient (Wildman–Crippen LogP) is 3.00. The minimum Gasteiger partial charge on any atom is -0.490 e. The van der Waals surface area contributed by atoms with Crippen LogP contribution >= 0.6 is 0 Å². The normalized spacial score (nSPS) is 10.6. The number of ether oxygens (including phenoxy) is 3. The van der Waals surface area contributed by atoms with Gasteiger partial charge in [0.25, 0.3) is 0 Å². The van der Waals surface area contributed by atoms with Gasteiger partial charge in [0.2, 0.25) is 0 Å². The molecule has 20 heavy (non-hydrogen) atoms. The van der Waals surface area contributed by atoms with Crippen LogP contribution in [0.5, 0.6) is 11.5 Å². The van der Waals surface area contributed by atoms with Crippen LogP contribution in [0.2, 0.25) is 0 Å². The highest BCUT2D eigenvalue weighted by Crippen LogP contribution is 2.31. The summed E-state index contributed by atoms with van der Waals surface area (Å²) >= 11 is 0. The third kappa shape index (κ3) is 5.80. The van der Waals surface area contributed by atoms with Crippen molar-refractivity contribution in [2.75, 3.05) is 33.0 Å². The second kappa shape index (κ2) is 10.5. The molecule has 0 spiro atoms. The van der Waals surface area contributed by atoms with Crippen molar-refractivity contribution in [1.82, 2.24) is 5.32 Å². The maximum Gasteiger partial charge on any atom is 0.165 e. The summed E-state index contributed by atoms with van der Waals surface area (Å²) in [6.45, 7) is 10.4. The first kappa shape index (κ1) is 16.8. The third-order valence-electron chi connectivity index (χ3n) is 2.78. The summed E-state index contributed by atoms with van der Waals surface area (Å²) in [6.07, 6.45) is 1.12. The monoisotopic (exact) mass is 281 g/mol. The zero-order chi connectivity index (χ0) is 14.6. The van der Waals surface area contributed by atoms with Crippen LogP contribution in [0, 0.1) is 0 Å². The highest BCUT2D eigenvalue weighted by atomic mass is 16.5. The van der Waals surface area contributed by atoms with Crippen LogP contribution in [-0.2, 0) is 11.3 Å². The second-order valence-electron chi connectivity index (χ2n) is 4.40. The Morgan fingerprint density at radius 1 is 1.00 bits per heavy atom. The molecule has 0 saturated carbocycles. The quantitative estimate of drug-likeness (QED) is 0.633. The largest absolute Gasteiger partial charge is 0.490 e. The predicted molar refractivity (Wildman–Crippen MR) is 81.6 cm³/mol. The molecule has 4 nitrogen and oxygen atoms in total. The van der Waals surface area contributed by atoms with Crippen LogP contribution in [0.3, 0.4) is 0 Å². The van der Waals surface area contributed by atoms with Crippen molar-refractivity contribution in [3.63, 3.8) is 0 Å². The summed E-state index contributed by atoms with van der Waals surface area (Å²) in [5.41, 5.74) is 1.13. The Kier molecular flexibility index (Phi) is 8.83. The van der Waals surface area contributed by atoms with Crippen LogP contribution in [0.4, 0.5) is 0 Å². The average Bonchev–Trinajstić information content (AvgIpc) is 2.46. The van der Waals surface area contributed by atoms with E-state index in [1.54, 1.807) is 0 Å². The maximum absolute atomic E-state index is 5.86. The first-order chi connectivity index (χ1) is 9.83. The standard InChI is InChI=1S/C16H27NO3/c1-4-10-17-13-14-8-7-9-15(19-6-3)16(14)20-12-11-18-5-2/h7-9,17H,4-6,10-13H2,1-3H3. The lowest BCUT2D eigenvalue weighted by molar-refractivity contribution is 0.108. The molecular weight excluding hydrogens is 254 g/mol. The Morgan fingerprint density at radius 3 is 2.55 bits per heavy atom. The van der Waals surface area contributed by atoms with Crippen molar-refractivity contribution in [2.45, 2.75) is 33.7 Å². The number of hydrogen-bond donors (Lipinski definition) is 1. The molecule has 1 aromatic rings. The van der Waals surface area contributed by atoms with Gasteiger partial charge in [0, 0.05) is 18.7 Å². The molecule has 114 valence electrons. The zero-order valence-electron chi connectivity index (χ0n) is 12.9. The molecule has 0 fully saturated rings. The van der Waals surface area contributed by atoms with Crippen molar-refractivity contribution < 1.29 is 14.2 Å². The van der Waals surface area contributed by atoms with E-state index in [0.29, 0.717) is 26.4 Å². The number of benzene rings is 1. The van der Waals surface area contributed by atoms with Crippen molar-refractivity contribution >= 4 is 0 Å². The summed E-state index contributed by atoms with van der Waals surface area (Å²) in [7, 11) is 0. The van der Waals surface area contributed by atoms with Gasteiger partial charge in [0.1, 0.15) is 6.61 Å². The number of nitrogens with one attached hydrogen (secondary N) is 1. The van der Waals surface area contributed by atoms with Gasteiger partial charge in [-0.15, -0.1) is 0 Å². The van der Waals surface area contributed by atoms with E-state index in [9.17, 15) is 0 Å². The summed E-state index contributed by atoms with van der Waals surface area (Å²) in [5, 5.41) is 3.40. The molecule has 0 radical (unpaired) electrons. The molecule has 0 aliphatic heterocycles. The van der Waals surface area contributed by atoms with Gasteiger partial charge in [-0.25, -0.2) is 0 Å². The summed E-state index contributed by atoms with van der Waals surface area (Å²) < 4.78 is 16.8. The molecule has 0 saturated heterocycles. The molecule has 0 bridgehead atoms. The number of hydrogen-bond acceptors (Lipinski definition) is 4. The van der Waals surface area contributed by atoms with E-state index in [2.05, 4.69) is 18.3 Å². The van der Waals surface area contributed by atoms with E-state index in [1.165, 1.54) is 0 Å². The van der Waals surface area contributed by atoms with Crippen molar-refractivity contribution in [3.05, 3.63) is 23.8 Å². The SMILES string of the molecule is CCCNCc1cccc(OCC)c1OCCOCC. The molecule has 0 atom stereocenters. The minimum absolute atomic E-state index is 0.540. The molecule has 0 unspecified atom stereocenters. The van der Waals surface area contributed by atoms with E-state index < -0.39 is 0 Å². The van der Waals surface area contributed by atoms with Crippen LogP contribution in [0.1, 0.15) is 32.8 Å². The van der Waals surface area contributed by atoms with Gasteiger partial charge in [0.05, 0.1) is 13.2 Å². The lowest BCUT2D eigenvalue weighted by atomic mass is 10.2. The Labute approximate surface area is 122 Å². The minimum atomic E-state index is 0.540. The number of para-hydroxylation sites is 1. The van der Waals surface area contributed by atoms with Crippen molar-refractivity contribution in [3.8, 4) is 11.5 Å². The van der Waals surface area contributed by atoms with Crippen LogP contribution < -0.4 is 14.8 Å². The molecule has 0 aliphatic rings. The van der Waals surface area contributed by atoms with Gasteiger partial charge in [-0.3, -0.25) is 0 Å². The fourth-order valence-corrected chi connectivity index (χ4v) is 1.88. The molecule has 0 aromatic heterocycles. The molecule has 4 heteroatoms. The highest BCUT2D eigenvalue weighted by molar-refractivity contribution is 5.46. The van der Waals surface area contributed by atoms with Crippen LogP contribution in [0.25, 0.3) is 0 Å². The van der Waals surface area contributed by atoms with Gasteiger partial charge in [-0.05, 0) is 32.9 Å². The molecule has 1 aromatic carbocycles. The molecule has 1 N–H and O–H groups in total. The lowest BCUT2D eigenvalue weighted by Crippen LogP contribution is -2.16. The van der Waals surface area contributed by atoms with E-state index in [4.69, 9.17) is 14.2 Å². The lowest BCUT2D eigenvalue weighted by Gasteiger charge is -2.16. The first-order valence-electron chi connectivity index (χ1n) is 7.49. The van der Waals surface area contributed by atoms with Gasteiger partial charge < -0.3 is 19.5 Å². The summed E-state index contributed by atoms with van der Waals surface area (Å²) in [5.74, 6) is 1.64. The van der Waals surface area contributed by atoms with Gasteiger partial charge >= 0.3 is 0 Å². The van der Waals surface area contributed by atoms with E-state index >= 15 is 0 Å².